The summed E-state index contributed by atoms with van der Waals surface area (Å²) in [5, 5.41) is 15.7. The highest BCUT2D eigenvalue weighted by Gasteiger charge is 2.25. The van der Waals surface area contributed by atoms with Gasteiger partial charge in [-0.3, -0.25) is 0 Å². The van der Waals surface area contributed by atoms with Gasteiger partial charge in [0.2, 0.25) is 5.69 Å². The summed E-state index contributed by atoms with van der Waals surface area (Å²) < 4.78 is 52.6. The largest absolute Gasteiger partial charge is 0.594 e. The first kappa shape index (κ1) is 18.5. The van der Waals surface area contributed by atoms with E-state index in [4.69, 9.17) is 9.47 Å². The second-order valence-corrected chi connectivity index (χ2v) is 5.74. The second kappa shape index (κ2) is 7.14. The molecule has 0 spiro atoms. The van der Waals surface area contributed by atoms with Gasteiger partial charge in [0, 0.05) is 35.8 Å². The predicted molar refractivity (Wildman–Crippen MR) is 91.8 cm³/mol. The predicted octanol–water partition coefficient (Wildman–Crippen LogP) is 3.79. The maximum Gasteiger partial charge on any atom is 0.227 e. The Morgan fingerprint density at radius 2 is 1.44 bits per heavy atom. The van der Waals surface area contributed by atoms with Gasteiger partial charge in [0.25, 0.3) is 0 Å². The third kappa shape index (κ3) is 3.38. The molecule has 8 heteroatoms. The van der Waals surface area contributed by atoms with E-state index in [1.807, 2.05) is 0 Å². The fourth-order valence-corrected chi connectivity index (χ4v) is 2.83. The van der Waals surface area contributed by atoms with Crippen molar-refractivity contribution >= 4 is 0 Å². The summed E-state index contributed by atoms with van der Waals surface area (Å²) in [7, 11) is 2.91. The van der Waals surface area contributed by atoms with E-state index in [1.165, 1.54) is 27.3 Å². The molecule has 0 aliphatic heterocycles. The second-order valence-electron chi connectivity index (χ2n) is 5.74. The number of hydrogen-bond acceptors (Lipinski definition) is 4. The van der Waals surface area contributed by atoms with Gasteiger partial charge in [-0.1, -0.05) is 4.85 Å². The van der Waals surface area contributed by atoms with E-state index in [0.29, 0.717) is 29.2 Å². The van der Waals surface area contributed by atoms with Crippen molar-refractivity contribution in [3.05, 3.63) is 64.9 Å². The molecular weight excluding hydrogens is 361 g/mol. The minimum Gasteiger partial charge on any atom is -0.594 e. The van der Waals surface area contributed by atoms with E-state index >= 15 is 0 Å². The van der Waals surface area contributed by atoms with Crippen molar-refractivity contribution in [2.24, 2.45) is 0 Å². The topological polar surface area (TPSA) is 58.3 Å². The minimum atomic E-state index is -1.13. The zero-order chi connectivity index (χ0) is 19.7. The maximum atomic E-state index is 14.4. The molecule has 0 aliphatic rings. The van der Waals surface area contributed by atoms with Crippen LogP contribution in [-0.2, 0) is 0 Å². The highest BCUT2D eigenvalue weighted by molar-refractivity contribution is 5.85. The average molecular weight is 376 g/mol. The van der Waals surface area contributed by atoms with Crippen molar-refractivity contribution in [1.29, 1.82) is 0 Å². The van der Waals surface area contributed by atoms with Crippen LogP contribution < -0.4 is 14.3 Å². The lowest BCUT2D eigenvalue weighted by Gasteiger charge is -2.14. The van der Waals surface area contributed by atoms with Gasteiger partial charge in [0.1, 0.15) is 35.1 Å². The SMILES string of the molecule is COc1cc(OC)cc(-c2cn[n+]([O-])c(C)c2-c2c(F)cc(F)cc2F)c1. The standard InChI is InChI=1S/C19H15F3N2O3/c1-10-18(19-16(21)6-12(20)7-17(19)22)15(9-23-24(10)25)11-4-13(26-2)8-14(5-11)27-3/h4-9H,1-3H3. The molecule has 140 valence electrons. The maximum absolute atomic E-state index is 14.4. The van der Waals surface area contributed by atoms with Crippen molar-refractivity contribution < 1.29 is 27.5 Å². The lowest BCUT2D eigenvalue weighted by Crippen LogP contribution is -2.35. The lowest BCUT2D eigenvalue weighted by molar-refractivity contribution is -0.674. The fraction of sp³-hybridized carbons (Fsp3) is 0.158. The third-order valence-electron chi connectivity index (χ3n) is 4.13. The van der Waals surface area contributed by atoms with Crippen LogP contribution in [0, 0.1) is 29.6 Å². The molecule has 0 saturated carbocycles. The lowest BCUT2D eigenvalue weighted by atomic mass is 9.94. The van der Waals surface area contributed by atoms with Crippen LogP contribution in [0.15, 0.2) is 36.5 Å². The minimum absolute atomic E-state index is 0.0368. The first-order valence-corrected chi connectivity index (χ1v) is 7.83. The average Bonchev–Trinajstić information content (AvgIpc) is 2.64. The number of hydrogen-bond donors (Lipinski definition) is 0. The van der Waals surface area contributed by atoms with Gasteiger partial charge in [-0.25, -0.2) is 13.2 Å². The number of aromatic nitrogens is 2. The van der Waals surface area contributed by atoms with Gasteiger partial charge in [-0.05, 0) is 17.7 Å². The molecule has 3 rings (SSSR count). The summed E-state index contributed by atoms with van der Waals surface area (Å²) in [6.07, 6.45) is 1.19. The molecule has 1 aromatic heterocycles. The van der Waals surface area contributed by atoms with Crippen molar-refractivity contribution in [1.82, 2.24) is 5.10 Å². The Hall–Kier alpha value is -3.29. The highest BCUT2D eigenvalue weighted by Crippen LogP contribution is 2.38. The molecule has 0 bridgehead atoms. The molecule has 0 amide bonds. The molecule has 3 aromatic rings. The highest BCUT2D eigenvalue weighted by atomic mass is 19.1. The summed E-state index contributed by atoms with van der Waals surface area (Å²) in [4.78, 5) is 0.248. The van der Waals surface area contributed by atoms with Gasteiger partial charge in [-0.2, -0.15) is 0 Å². The molecule has 2 aromatic carbocycles. The molecule has 27 heavy (non-hydrogen) atoms. The van der Waals surface area contributed by atoms with Gasteiger partial charge in [0.05, 0.1) is 25.3 Å². The van der Waals surface area contributed by atoms with Crippen molar-refractivity contribution in [3.63, 3.8) is 0 Å². The van der Waals surface area contributed by atoms with Crippen molar-refractivity contribution in [2.45, 2.75) is 6.92 Å². The molecule has 0 atom stereocenters. The van der Waals surface area contributed by atoms with Crippen LogP contribution in [0.5, 0.6) is 11.5 Å². The Bertz CT molecular complexity index is 980. The Labute approximate surface area is 153 Å². The Kier molecular flexibility index (Phi) is 4.89. The third-order valence-corrected chi connectivity index (χ3v) is 4.13. The van der Waals surface area contributed by atoms with E-state index in [2.05, 4.69) is 5.10 Å². The van der Waals surface area contributed by atoms with E-state index in [1.54, 1.807) is 18.2 Å². The molecule has 0 radical (unpaired) electrons. The number of methoxy groups -OCH3 is 2. The molecule has 0 unspecified atom stereocenters. The summed E-state index contributed by atoms with van der Waals surface area (Å²) >= 11 is 0. The number of ether oxygens (including phenoxy) is 2. The van der Waals surface area contributed by atoms with E-state index in [-0.39, 0.29) is 21.7 Å². The molecule has 0 N–H and O–H groups in total. The van der Waals surface area contributed by atoms with E-state index in [0.717, 1.165) is 0 Å². The molecule has 0 aliphatic carbocycles. The summed E-state index contributed by atoms with van der Waals surface area (Å²) in [5.41, 5.74) is 0.128. The van der Waals surface area contributed by atoms with Crippen LogP contribution in [-0.4, -0.2) is 19.3 Å². The summed E-state index contributed by atoms with van der Waals surface area (Å²) in [6.45, 7) is 1.37. The first-order chi connectivity index (χ1) is 12.8. The number of nitrogens with zero attached hydrogens (tertiary/aromatic N) is 2. The normalized spacial score (nSPS) is 10.7. The van der Waals surface area contributed by atoms with Gasteiger partial charge < -0.3 is 14.7 Å². The Balaban J connectivity index is 2.37. The Morgan fingerprint density at radius 1 is 0.889 bits per heavy atom. The van der Waals surface area contributed by atoms with Crippen LogP contribution in [0.3, 0.4) is 0 Å². The van der Waals surface area contributed by atoms with Crippen molar-refractivity contribution in [2.75, 3.05) is 14.2 Å². The number of benzene rings is 2. The van der Waals surface area contributed by atoms with Crippen LogP contribution in [0.1, 0.15) is 5.69 Å². The smallest absolute Gasteiger partial charge is 0.227 e. The van der Waals surface area contributed by atoms with Crippen LogP contribution >= 0.6 is 0 Å². The first-order valence-electron chi connectivity index (χ1n) is 7.83. The Morgan fingerprint density at radius 3 is 1.96 bits per heavy atom. The van der Waals surface area contributed by atoms with Crippen LogP contribution in [0.2, 0.25) is 0 Å². The van der Waals surface area contributed by atoms with Crippen molar-refractivity contribution in [3.8, 4) is 33.8 Å². The van der Waals surface area contributed by atoms with Gasteiger partial charge in [0.15, 0.2) is 0 Å². The molecular formula is C19H15F3N2O3. The molecule has 5 nitrogen and oxygen atoms in total. The summed E-state index contributed by atoms with van der Waals surface area (Å²) in [5.74, 6) is -2.44. The molecule has 1 heterocycles. The van der Waals surface area contributed by atoms with E-state index < -0.39 is 23.0 Å². The van der Waals surface area contributed by atoms with Crippen LogP contribution in [0.4, 0.5) is 13.2 Å². The zero-order valence-electron chi connectivity index (χ0n) is 14.7. The van der Waals surface area contributed by atoms with Crippen LogP contribution in [0.25, 0.3) is 22.3 Å². The monoisotopic (exact) mass is 376 g/mol. The zero-order valence-corrected chi connectivity index (χ0v) is 14.7. The number of halogens is 3. The van der Waals surface area contributed by atoms with Gasteiger partial charge >= 0.3 is 0 Å². The quantitative estimate of drug-likeness (QED) is 0.514. The molecule has 0 fully saturated rings. The van der Waals surface area contributed by atoms with E-state index in [9.17, 15) is 18.4 Å². The number of rotatable bonds is 4. The summed E-state index contributed by atoms with van der Waals surface area (Å²) in [6, 6.07) is 5.96. The molecule has 0 saturated heterocycles. The fourth-order valence-electron chi connectivity index (χ4n) is 2.83. The van der Waals surface area contributed by atoms with Gasteiger partial charge in [-0.15, -0.1) is 0 Å².